The number of sulfonamides is 1. The highest BCUT2D eigenvalue weighted by Crippen LogP contribution is 2.28. The first kappa shape index (κ1) is 15.4. The van der Waals surface area contributed by atoms with Gasteiger partial charge in [-0.05, 0) is 48.0 Å². The second-order valence-corrected chi connectivity index (χ2v) is 7.89. The van der Waals surface area contributed by atoms with Crippen molar-refractivity contribution in [1.82, 2.24) is 9.62 Å². The van der Waals surface area contributed by atoms with Crippen molar-refractivity contribution in [3.63, 3.8) is 0 Å². The van der Waals surface area contributed by atoms with Gasteiger partial charge in [0.1, 0.15) is 5.82 Å². The summed E-state index contributed by atoms with van der Waals surface area (Å²) < 4.78 is 40.0. The normalized spacial score (nSPS) is 19.7. The predicted molar refractivity (Wildman–Crippen MR) is 75.1 cm³/mol. The topological polar surface area (TPSA) is 66.5 Å². The van der Waals surface area contributed by atoms with Crippen LogP contribution in [0.15, 0.2) is 27.6 Å². The SMILES string of the molecule is CC1(C)CNC(=O)CN1S(=O)(=O)c1ccc(Br)c(F)c1. The van der Waals surface area contributed by atoms with Crippen LogP contribution in [0.4, 0.5) is 4.39 Å². The minimum Gasteiger partial charge on any atom is -0.353 e. The number of nitrogens with zero attached hydrogens (tertiary/aromatic N) is 1. The van der Waals surface area contributed by atoms with Gasteiger partial charge in [0.15, 0.2) is 0 Å². The average molecular weight is 365 g/mol. The molecule has 0 radical (unpaired) electrons. The van der Waals surface area contributed by atoms with E-state index in [1.807, 2.05) is 0 Å². The Bertz CT molecular complexity index is 661. The smallest absolute Gasteiger partial charge is 0.244 e. The Hall–Kier alpha value is -0.990. The summed E-state index contributed by atoms with van der Waals surface area (Å²) in [5.41, 5.74) is -0.768. The van der Waals surface area contributed by atoms with Gasteiger partial charge in [0.05, 0.1) is 15.9 Å². The summed E-state index contributed by atoms with van der Waals surface area (Å²) in [5.74, 6) is -1.03. The van der Waals surface area contributed by atoms with Gasteiger partial charge >= 0.3 is 0 Å². The van der Waals surface area contributed by atoms with Crippen LogP contribution in [0.3, 0.4) is 0 Å². The Labute approximate surface area is 125 Å². The van der Waals surface area contributed by atoms with E-state index in [0.717, 1.165) is 10.4 Å². The first-order chi connectivity index (χ1) is 9.14. The van der Waals surface area contributed by atoms with E-state index in [1.165, 1.54) is 12.1 Å². The van der Waals surface area contributed by atoms with Crippen molar-refractivity contribution in [2.24, 2.45) is 0 Å². The molecular weight excluding hydrogens is 351 g/mol. The molecule has 5 nitrogen and oxygen atoms in total. The molecule has 1 aromatic carbocycles. The molecule has 8 heteroatoms. The number of hydrogen-bond acceptors (Lipinski definition) is 3. The Morgan fingerprint density at radius 1 is 1.40 bits per heavy atom. The highest BCUT2D eigenvalue weighted by molar-refractivity contribution is 9.10. The third-order valence-corrected chi connectivity index (χ3v) is 5.86. The van der Waals surface area contributed by atoms with Gasteiger partial charge < -0.3 is 5.32 Å². The number of halogens is 2. The highest BCUT2D eigenvalue weighted by atomic mass is 79.9. The molecule has 1 fully saturated rings. The number of piperazine rings is 1. The van der Waals surface area contributed by atoms with E-state index in [1.54, 1.807) is 13.8 Å². The molecule has 20 heavy (non-hydrogen) atoms. The quantitative estimate of drug-likeness (QED) is 0.864. The lowest BCUT2D eigenvalue weighted by Crippen LogP contribution is -2.61. The zero-order valence-corrected chi connectivity index (χ0v) is 13.4. The number of carbonyl (C=O) groups is 1. The summed E-state index contributed by atoms with van der Waals surface area (Å²) >= 11 is 2.98. The van der Waals surface area contributed by atoms with Gasteiger partial charge in [0, 0.05) is 12.1 Å². The number of nitrogens with one attached hydrogen (secondary N) is 1. The first-order valence-electron chi connectivity index (χ1n) is 5.89. The van der Waals surface area contributed by atoms with E-state index in [2.05, 4.69) is 21.2 Å². The summed E-state index contributed by atoms with van der Waals surface area (Å²) in [4.78, 5) is 11.3. The van der Waals surface area contributed by atoms with Gasteiger partial charge in [0.2, 0.25) is 15.9 Å². The lowest BCUT2D eigenvalue weighted by Gasteiger charge is -2.40. The van der Waals surface area contributed by atoms with Crippen LogP contribution >= 0.6 is 15.9 Å². The predicted octanol–water partition coefficient (Wildman–Crippen LogP) is 1.49. The van der Waals surface area contributed by atoms with Crippen molar-refractivity contribution < 1.29 is 17.6 Å². The molecular formula is C12H14BrFN2O3S. The second kappa shape index (κ2) is 5.09. The summed E-state index contributed by atoms with van der Waals surface area (Å²) in [6.45, 7) is 3.36. The number of carbonyl (C=O) groups excluding carboxylic acids is 1. The van der Waals surface area contributed by atoms with Crippen LogP contribution in [0.1, 0.15) is 13.8 Å². The van der Waals surface area contributed by atoms with Crippen molar-refractivity contribution in [1.29, 1.82) is 0 Å². The fourth-order valence-corrected chi connectivity index (χ4v) is 3.97. The van der Waals surface area contributed by atoms with Crippen molar-refractivity contribution in [2.45, 2.75) is 24.3 Å². The minimum atomic E-state index is -3.93. The fraction of sp³-hybridized carbons (Fsp3) is 0.417. The maximum absolute atomic E-state index is 13.5. The van der Waals surface area contributed by atoms with Gasteiger partial charge in [-0.15, -0.1) is 0 Å². The Balaban J connectivity index is 2.47. The molecule has 2 rings (SSSR count). The van der Waals surface area contributed by atoms with Gasteiger partial charge in [-0.2, -0.15) is 4.31 Å². The van der Waals surface area contributed by atoms with Gasteiger partial charge in [0.25, 0.3) is 0 Å². The van der Waals surface area contributed by atoms with E-state index in [9.17, 15) is 17.6 Å². The number of rotatable bonds is 2. The average Bonchev–Trinajstić information content (AvgIpc) is 2.35. The maximum Gasteiger partial charge on any atom is 0.244 e. The molecule has 1 heterocycles. The summed E-state index contributed by atoms with van der Waals surface area (Å²) in [6, 6.07) is 3.59. The Morgan fingerprint density at radius 3 is 2.65 bits per heavy atom. The van der Waals surface area contributed by atoms with Crippen molar-refractivity contribution in [3.05, 3.63) is 28.5 Å². The molecule has 1 aromatic rings. The Kier molecular flexibility index (Phi) is 3.92. The van der Waals surface area contributed by atoms with Crippen molar-refractivity contribution in [3.8, 4) is 0 Å². The van der Waals surface area contributed by atoms with Crippen LogP contribution < -0.4 is 5.32 Å². The third-order valence-electron chi connectivity index (χ3n) is 3.16. The monoisotopic (exact) mass is 364 g/mol. The molecule has 0 spiro atoms. The molecule has 0 aliphatic carbocycles. The largest absolute Gasteiger partial charge is 0.353 e. The van der Waals surface area contributed by atoms with E-state index in [4.69, 9.17) is 0 Å². The molecule has 0 saturated carbocycles. The van der Waals surface area contributed by atoms with Crippen molar-refractivity contribution in [2.75, 3.05) is 13.1 Å². The van der Waals surface area contributed by atoms with Gasteiger partial charge in [-0.1, -0.05) is 0 Å². The standard InChI is InChI=1S/C12H14BrFN2O3S/c1-12(2)7-15-11(17)6-16(12)20(18,19)8-3-4-9(13)10(14)5-8/h3-5H,6-7H2,1-2H3,(H,15,17). The summed E-state index contributed by atoms with van der Waals surface area (Å²) in [5, 5.41) is 2.62. The molecule has 0 atom stereocenters. The van der Waals surface area contributed by atoms with Crippen LogP contribution in [0.25, 0.3) is 0 Å². The zero-order chi connectivity index (χ0) is 15.1. The second-order valence-electron chi connectivity index (χ2n) is 5.18. The molecule has 0 bridgehead atoms. The summed E-state index contributed by atoms with van der Waals surface area (Å²) in [6.07, 6.45) is 0. The van der Waals surface area contributed by atoms with E-state index < -0.39 is 21.4 Å². The summed E-state index contributed by atoms with van der Waals surface area (Å²) in [7, 11) is -3.93. The van der Waals surface area contributed by atoms with Crippen LogP contribution in [-0.4, -0.2) is 37.3 Å². The van der Waals surface area contributed by atoms with Crippen LogP contribution in [0.5, 0.6) is 0 Å². The number of benzene rings is 1. The molecule has 0 aromatic heterocycles. The van der Waals surface area contributed by atoms with Crippen molar-refractivity contribution >= 4 is 31.9 Å². The molecule has 1 saturated heterocycles. The van der Waals surface area contributed by atoms with Gasteiger partial charge in [-0.3, -0.25) is 4.79 Å². The number of amides is 1. The molecule has 1 aliphatic rings. The van der Waals surface area contributed by atoms with Crippen LogP contribution in [0.2, 0.25) is 0 Å². The molecule has 1 N–H and O–H groups in total. The van der Waals surface area contributed by atoms with Crippen LogP contribution in [-0.2, 0) is 14.8 Å². The van der Waals surface area contributed by atoms with Gasteiger partial charge in [-0.25, -0.2) is 12.8 Å². The fourth-order valence-electron chi connectivity index (χ4n) is 1.98. The molecule has 1 amide bonds. The Morgan fingerprint density at radius 2 is 2.05 bits per heavy atom. The number of hydrogen-bond donors (Lipinski definition) is 1. The minimum absolute atomic E-state index is 0.166. The highest BCUT2D eigenvalue weighted by Gasteiger charge is 2.41. The third kappa shape index (κ3) is 2.72. The lowest BCUT2D eigenvalue weighted by atomic mass is 10.0. The van der Waals surface area contributed by atoms with E-state index in [-0.39, 0.29) is 28.4 Å². The zero-order valence-electron chi connectivity index (χ0n) is 11.0. The van der Waals surface area contributed by atoms with Crippen LogP contribution in [0, 0.1) is 5.82 Å². The molecule has 110 valence electrons. The lowest BCUT2D eigenvalue weighted by molar-refractivity contribution is -0.124. The maximum atomic E-state index is 13.5. The van der Waals surface area contributed by atoms with E-state index in [0.29, 0.717) is 0 Å². The van der Waals surface area contributed by atoms with E-state index >= 15 is 0 Å². The molecule has 1 aliphatic heterocycles. The first-order valence-corrected chi connectivity index (χ1v) is 8.12. The molecule has 0 unspecified atom stereocenters.